The van der Waals surface area contributed by atoms with Crippen LogP contribution in [0.3, 0.4) is 0 Å². The molecule has 1 aliphatic rings. The Morgan fingerprint density at radius 1 is 1.20 bits per heavy atom. The Labute approximate surface area is 173 Å². The summed E-state index contributed by atoms with van der Waals surface area (Å²) in [6.45, 7) is 3.86. The minimum Gasteiger partial charge on any atom is -0.384 e. The van der Waals surface area contributed by atoms with Gasteiger partial charge in [-0.3, -0.25) is 23.5 Å². The highest BCUT2D eigenvalue weighted by Crippen LogP contribution is 2.21. The molecule has 1 aromatic heterocycles. The SMILES string of the molecule is CC(C)Cn1c(N)c(C(=O)CNc2ccccc2C(=O)NC2CC2)c(=O)n(C)c1=O. The normalized spacial score (nSPS) is 13.3. The van der Waals surface area contributed by atoms with E-state index in [4.69, 9.17) is 5.73 Å². The van der Waals surface area contributed by atoms with Crippen LogP contribution in [-0.4, -0.2) is 33.4 Å². The van der Waals surface area contributed by atoms with Crippen LogP contribution in [0.1, 0.15) is 47.4 Å². The molecule has 4 N–H and O–H groups in total. The first-order valence-electron chi connectivity index (χ1n) is 9.97. The zero-order valence-corrected chi connectivity index (χ0v) is 17.4. The molecule has 9 nitrogen and oxygen atoms in total. The van der Waals surface area contributed by atoms with E-state index in [2.05, 4.69) is 10.6 Å². The Bertz CT molecular complexity index is 1100. The van der Waals surface area contributed by atoms with Gasteiger partial charge >= 0.3 is 5.69 Å². The first-order valence-corrected chi connectivity index (χ1v) is 9.97. The molecule has 1 fully saturated rings. The maximum Gasteiger partial charge on any atom is 0.332 e. The molecule has 160 valence electrons. The molecule has 1 aliphatic carbocycles. The van der Waals surface area contributed by atoms with E-state index in [1.165, 1.54) is 11.6 Å². The molecule has 30 heavy (non-hydrogen) atoms. The van der Waals surface area contributed by atoms with Crippen molar-refractivity contribution in [3.63, 3.8) is 0 Å². The molecule has 1 heterocycles. The lowest BCUT2D eigenvalue weighted by Gasteiger charge is -2.16. The van der Waals surface area contributed by atoms with Gasteiger partial charge in [0.1, 0.15) is 11.4 Å². The summed E-state index contributed by atoms with van der Waals surface area (Å²) in [5.41, 5.74) is 5.43. The summed E-state index contributed by atoms with van der Waals surface area (Å²) in [5, 5.41) is 5.85. The van der Waals surface area contributed by atoms with Crippen LogP contribution in [0.4, 0.5) is 11.5 Å². The van der Waals surface area contributed by atoms with Crippen molar-refractivity contribution in [2.75, 3.05) is 17.6 Å². The second kappa shape index (κ2) is 8.56. The summed E-state index contributed by atoms with van der Waals surface area (Å²) >= 11 is 0. The van der Waals surface area contributed by atoms with E-state index in [1.807, 2.05) is 13.8 Å². The highest BCUT2D eigenvalue weighted by atomic mass is 16.2. The number of rotatable bonds is 8. The van der Waals surface area contributed by atoms with Crippen LogP contribution >= 0.6 is 0 Å². The van der Waals surface area contributed by atoms with E-state index >= 15 is 0 Å². The number of nitrogens with zero attached hydrogens (tertiary/aromatic N) is 2. The van der Waals surface area contributed by atoms with E-state index in [1.54, 1.807) is 24.3 Å². The van der Waals surface area contributed by atoms with Gasteiger partial charge < -0.3 is 16.4 Å². The summed E-state index contributed by atoms with van der Waals surface area (Å²) in [6, 6.07) is 7.05. The van der Waals surface area contributed by atoms with E-state index in [-0.39, 0.29) is 42.3 Å². The van der Waals surface area contributed by atoms with Gasteiger partial charge in [0, 0.05) is 25.3 Å². The van der Waals surface area contributed by atoms with Crippen molar-refractivity contribution in [2.24, 2.45) is 13.0 Å². The van der Waals surface area contributed by atoms with Crippen LogP contribution in [0.25, 0.3) is 0 Å². The van der Waals surface area contributed by atoms with Gasteiger partial charge in [0.25, 0.3) is 11.5 Å². The topological polar surface area (TPSA) is 128 Å². The van der Waals surface area contributed by atoms with Crippen LogP contribution in [0.2, 0.25) is 0 Å². The van der Waals surface area contributed by atoms with Gasteiger partial charge in [-0.15, -0.1) is 0 Å². The zero-order valence-electron chi connectivity index (χ0n) is 17.4. The number of nitrogens with one attached hydrogen (secondary N) is 2. The minimum atomic E-state index is -0.732. The van der Waals surface area contributed by atoms with Crippen molar-refractivity contribution in [1.82, 2.24) is 14.5 Å². The van der Waals surface area contributed by atoms with Crippen LogP contribution in [-0.2, 0) is 13.6 Å². The molecule has 0 atom stereocenters. The van der Waals surface area contributed by atoms with Gasteiger partial charge in [-0.1, -0.05) is 26.0 Å². The van der Waals surface area contributed by atoms with Crippen molar-refractivity contribution < 1.29 is 9.59 Å². The third-order valence-corrected chi connectivity index (χ3v) is 4.93. The minimum absolute atomic E-state index is 0.0976. The van der Waals surface area contributed by atoms with Crippen molar-refractivity contribution in [3.8, 4) is 0 Å². The predicted molar refractivity (Wildman–Crippen MR) is 115 cm³/mol. The number of nitrogens with two attached hydrogens (primary N) is 1. The van der Waals surface area contributed by atoms with Crippen LogP contribution in [0.15, 0.2) is 33.9 Å². The van der Waals surface area contributed by atoms with Crippen LogP contribution in [0.5, 0.6) is 0 Å². The molecule has 1 saturated carbocycles. The Kier molecular flexibility index (Phi) is 6.09. The highest BCUT2D eigenvalue weighted by Gasteiger charge is 2.25. The number of carbonyl (C=O) groups is 2. The van der Waals surface area contributed by atoms with Crippen molar-refractivity contribution in [3.05, 3.63) is 56.2 Å². The number of aromatic nitrogens is 2. The molecule has 1 aromatic carbocycles. The highest BCUT2D eigenvalue weighted by molar-refractivity contribution is 6.04. The molecule has 2 aromatic rings. The monoisotopic (exact) mass is 413 g/mol. The number of amides is 1. The van der Waals surface area contributed by atoms with Crippen molar-refractivity contribution >= 4 is 23.2 Å². The molecule has 1 amide bonds. The van der Waals surface area contributed by atoms with Crippen LogP contribution < -0.4 is 27.6 Å². The number of ketones is 1. The van der Waals surface area contributed by atoms with E-state index in [0.29, 0.717) is 11.3 Å². The second-order valence-electron chi connectivity index (χ2n) is 7.98. The Balaban J connectivity index is 1.85. The molecule has 0 spiro atoms. The zero-order chi connectivity index (χ0) is 22.0. The maximum atomic E-state index is 12.9. The third kappa shape index (κ3) is 4.45. The lowest BCUT2D eigenvalue weighted by Crippen LogP contribution is -2.43. The first-order chi connectivity index (χ1) is 14.2. The van der Waals surface area contributed by atoms with E-state index in [0.717, 1.165) is 17.4 Å². The van der Waals surface area contributed by atoms with Gasteiger partial charge in [-0.05, 0) is 30.9 Å². The summed E-state index contributed by atoms with van der Waals surface area (Å²) in [7, 11) is 1.32. The number of hydrogen-bond acceptors (Lipinski definition) is 6. The molecule has 3 rings (SSSR count). The largest absolute Gasteiger partial charge is 0.384 e. The third-order valence-electron chi connectivity index (χ3n) is 4.93. The molecule has 0 aliphatic heterocycles. The number of Topliss-reactive ketones (excluding diaryl/α,β-unsaturated/α-hetero) is 1. The Hall–Kier alpha value is -3.36. The number of carbonyl (C=O) groups excluding carboxylic acids is 2. The summed E-state index contributed by atoms with van der Waals surface area (Å²) in [6.07, 6.45) is 1.93. The van der Waals surface area contributed by atoms with Crippen LogP contribution in [0, 0.1) is 5.92 Å². The fourth-order valence-corrected chi connectivity index (χ4v) is 3.18. The number of benzene rings is 1. The van der Waals surface area contributed by atoms with E-state index < -0.39 is 17.0 Å². The fraction of sp³-hybridized carbons (Fsp3) is 0.429. The van der Waals surface area contributed by atoms with Crippen molar-refractivity contribution in [2.45, 2.75) is 39.3 Å². The van der Waals surface area contributed by atoms with Gasteiger partial charge in [0.05, 0.1) is 12.1 Å². The first kappa shape index (κ1) is 21.4. The Morgan fingerprint density at radius 3 is 2.50 bits per heavy atom. The molecular formula is C21H27N5O4. The fourth-order valence-electron chi connectivity index (χ4n) is 3.18. The summed E-state index contributed by atoms with van der Waals surface area (Å²) in [4.78, 5) is 50.2. The standard InChI is InChI=1S/C21H27N5O4/c1-12(2)11-26-18(22)17(20(29)25(3)21(26)30)16(27)10-23-15-7-5-4-6-14(15)19(28)24-13-8-9-13/h4-7,12-13,23H,8-11,22H2,1-3H3,(H,24,28). The molecule has 0 saturated heterocycles. The van der Waals surface area contributed by atoms with Gasteiger partial charge in [-0.25, -0.2) is 4.79 Å². The number of anilines is 2. The van der Waals surface area contributed by atoms with Gasteiger partial charge in [-0.2, -0.15) is 0 Å². The molecule has 0 bridgehead atoms. The Morgan fingerprint density at radius 2 is 1.87 bits per heavy atom. The number of para-hydroxylation sites is 1. The molecule has 0 radical (unpaired) electrons. The average molecular weight is 413 g/mol. The van der Waals surface area contributed by atoms with Gasteiger partial charge in [0.2, 0.25) is 0 Å². The average Bonchev–Trinajstić information content (AvgIpc) is 3.52. The molecule has 0 unspecified atom stereocenters. The van der Waals surface area contributed by atoms with Gasteiger partial charge in [0.15, 0.2) is 5.78 Å². The summed E-state index contributed by atoms with van der Waals surface area (Å²) < 4.78 is 2.14. The quantitative estimate of drug-likeness (QED) is 0.553. The lowest BCUT2D eigenvalue weighted by atomic mass is 10.1. The van der Waals surface area contributed by atoms with Crippen molar-refractivity contribution in [1.29, 1.82) is 0 Å². The smallest absolute Gasteiger partial charge is 0.332 e. The lowest BCUT2D eigenvalue weighted by molar-refractivity contribution is 0.0949. The predicted octanol–water partition coefficient (Wildman–Crippen LogP) is 0.972. The maximum absolute atomic E-state index is 12.9. The summed E-state index contributed by atoms with van der Waals surface area (Å²) in [5.74, 6) is -0.805. The molecule has 9 heteroatoms. The number of hydrogen-bond donors (Lipinski definition) is 3. The number of nitrogen functional groups attached to an aromatic ring is 1. The second-order valence-corrected chi connectivity index (χ2v) is 7.98. The van der Waals surface area contributed by atoms with E-state index in [9.17, 15) is 19.2 Å². The molecular weight excluding hydrogens is 386 g/mol.